The molecule has 0 aliphatic heterocycles. The maximum absolute atomic E-state index is 12.8. The highest BCUT2D eigenvalue weighted by Gasteiger charge is 2.45. The summed E-state index contributed by atoms with van der Waals surface area (Å²) in [5, 5.41) is 10.6. The van der Waals surface area contributed by atoms with Crippen molar-refractivity contribution in [2.45, 2.75) is 71.8 Å². The van der Waals surface area contributed by atoms with Crippen molar-refractivity contribution in [1.29, 1.82) is 0 Å². The van der Waals surface area contributed by atoms with E-state index in [1.807, 2.05) is 6.92 Å². The Morgan fingerprint density at radius 2 is 2.12 bits per heavy atom. The summed E-state index contributed by atoms with van der Waals surface area (Å²) in [7, 11) is 0. The minimum Gasteiger partial charge on any atom is -0.392 e. The van der Waals surface area contributed by atoms with Crippen molar-refractivity contribution in [3.63, 3.8) is 0 Å². The van der Waals surface area contributed by atoms with E-state index in [9.17, 15) is 9.90 Å². The van der Waals surface area contributed by atoms with E-state index in [0.29, 0.717) is 12.3 Å². The smallest absolute Gasteiger partial charge is 0.184 e. The van der Waals surface area contributed by atoms with E-state index in [4.69, 9.17) is 0 Å². The summed E-state index contributed by atoms with van der Waals surface area (Å²) in [6, 6.07) is 0. The molecule has 1 fully saturated rings. The summed E-state index contributed by atoms with van der Waals surface area (Å²) in [6.07, 6.45) is 10.7. The average molecular weight is 326 g/mol. The van der Waals surface area contributed by atoms with Gasteiger partial charge in [-0.1, -0.05) is 42.4 Å². The van der Waals surface area contributed by atoms with E-state index in [2.05, 4.69) is 32.6 Å². The van der Waals surface area contributed by atoms with Gasteiger partial charge in [-0.2, -0.15) is 0 Å². The average Bonchev–Trinajstić information content (AvgIpc) is 2.55. The van der Waals surface area contributed by atoms with Gasteiger partial charge in [0.1, 0.15) is 0 Å². The van der Waals surface area contributed by atoms with Gasteiger partial charge in [0.2, 0.25) is 0 Å². The Bertz CT molecular complexity index is 661. The van der Waals surface area contributed by atoms with Crippen LogP contribution in [-0.2, 0) is 4.79 Å². The molecule has 1 N–H and O–H groups in total. The second kappa shape index (κ2) is 6.48. The van der Waals surface area contributed by atoms with Gasteiger partial charge in [-0.15, -0.1) is 0 Å². The first-order chi connectivity index (χ1) is 11.3. The monoisotopic (exact) mass is 326 g/mol. The Balaban J connectivity index is 1.89. The molecule has 0 saturated heterocycles. The first-order valence-corrected chi connectivity index (χ1v) is 9.31. The van der Waals surface area contributed by atoms with Gasteiger partial charge in [-0.25, -0.2) is 0 Å². The van der Waals surface area contributed by atoms with Crippen LogP contribution in [0, 0.1) is 11.3 Å². The number of hydrogen-bond donors (Lipinski definition) is 1. The first kappa shape index (κ1) is 17.4. The lowest BCUT2D eigenvalue weighted by Crippen LogP contribution is -2.42. The number of Topliss-reactive ketones (excluding diaryl/α,β-unsaturated/α-hetero) is 1. The van der Waals surface area contributed by atoms with Crippen LogP contribution >= 0.6 is 0 Å². The van der Waals surface area contributed by atoms with Crippen LogP contribution in [0.3, 0.4) is 0 Å². The molecular weight excluding hydrogens is 296 g/mol. The first-order valence-electron chi connectivity index (χ1n) is 9.31. The zero-order valence-electron chi connectivity index (χ0n) is 15.3. The fourth-order valence-electron chi connectivity index (χ4n) is 4.75. The Kier molecular flexibility index (Phi) is 4.70. The number of ketones is 1. The number of aliphatic hydroxyl groups is 1. The van der Waals surface area contributed by atoms with Gasteiger partial charge in [0, 0.05) is 11.0 Å². The number of rotatable bonds is 2. The summed E-state index contributed by atoms with van der Waals surface area (Å²) in [5.74, 6) is 0.777. The molecule has 0 aromatic heterocycles. The van der Waals surface area contributed by atoms with Gasteiger partial charge in [-0.05, 0) is 70.3 Å². The van der Waals surface area contributed by atoms with Crippen molar-refractivity contribution >= 4 is 5.78 Å². The number of carbonyl (C=O) groups is 1. The molecule has 24 heavy (non-hydrogen) atoms. The molecule has 0 radical (unpaired) electrons. The van der Waals surface area contributed by atoms with Gasteiger partial charge in [0.15, 0.2) is 5.78 Å². The zero-order valence-corrected chi connectivity index (χ0v) is 15.3. The molecular formula is C22H30O2. The number of aliphatic hydroxyl groups excluding tert-OH is 1. The van der Waals surface area contributed by atoms with Gasteiger partial charge in [-0.3, -0.25) is 4.79 Å². The summed E-state index contributed by atoms with van der Waals surface area (Å²) < 4.78 is 0. The number of fused-ring (bicyclic) bond motifs is 1. The predicted molar refractivity (Wildman–Crippen MR) is 98.6 cm³/mol. The van der Waals surface area contributed by atoms with Crippen LogP contribution in [0.2, 0.25) is 0 Å². The third-order valence-electron chi connectivity index (χ3n) is 6.47. The van der Waals surface area contributed by atoms with Crippen LogP contribution in [0.4, 0.5) is 0 Å². The molecule has 0 aromatic rings. The predicted octanol–water partition coefficient (Wildman–Crippen LogP) is 5.06. The van der Waals surface area contributed by atoms with Crippen LogP contribution in [0.5, 0.6) is 0 Å². The molecule has 0 unspecified atom stereocenters. The Labute approximate surface area is 146 Å². The second-order valence-electron chi connectivity index (χ2n) is 8.20. The molecule has 3 atom stereocenters. The van der Waals surface area contributed by atoms with Gasteiger partial charge in [0.05, 0.1) is 6.10 Å². The highest BCUT2D eigenvalue weighted by molar-refractivity contribution is 6.10. The summed E-state index contributed by atoms with van der Waals surface area (Å²) in [5.41, 5.74) is 5.25. The molecule has 0 amide bonds. The number of hydrogen-bond acceptors (Lipinski definition) is 2. The van der Waals surface area contributed by atoms with E-state index in [-0.39, 0.29) is 17.3 Å². The molecule has 130 valence electrons. The van der Waals surface area contributed by atoms with Crippen LogP contribution in [-0.4, -0.2) is 17.0 Å². The standard InChI is InChI=1S/C22H30O2/c1-14(2)17-10-8-16(9-11-17)12-18-13-22(4)19(15(3)21(18)24)6-5-7-20(22)23/h8,12,17,20,23H,1,5-7,9-11,13H2,2-4H3/t17-,20+,22+/m1/s1. The largest absolute Gasteiger partial charge is 0.392 e. The summed E-state index contributed by atoms with van der Waals surface area (Å²) in [4.78, 5) is 12.8. The van der Waals surface area contributed by atoms with Crippen molar-refractivity contribution in [2.24, 2.45) is 11.3 Å². The van der Waals surface area contributed by atoms with Crippen molar-refractivity contribution in [1.82, 2.24) is 0 Å². The third-order valence-corrected chi connectivity index (χ3v) is 6.47. The maximum atomic E-state index is 12.8. The highest BCUT2D eigenvalue weighted by atomic mass is 16.3. The SMILES string of the molecule is C=C(C)[C@@H]1CC=C(C=C2C[C@@]3(C)C(=C(C)C2=O)CCC[C@@H]3O)CC1. The molecule has 0 bridgehead atoms. The van der Waals surface area contributed by atoms with Crippen molar-refractivity contribution in [2.75, 3.05) is 0 Å². The normalized spacial score (nSPS) is 35.8. The van der Waals surface area contributed by atoms with Crippen molar-refractivity contribution in [3.8, 4) is 0 Å². The Morgan fingerprint density at radius 1 is 1.38 bits per heavy atom. The molecule has 3 rings (SSSR count). The topological polar surface area (TPSA) is 37.3 Å². The minimum atomic E-state index is -0.333. The molecule has 3 aliphatic rings. The molecule has 1 saturated carbocycles. The number of allylic oxidation sites excluding steroid dienone is 6. The molecule has 3 aliphatic carbocycles. The van der Waals surface area contributed by atoms with E-state index >= 15 is 0 Å². The lowest BCUT2D eigenvalue weighted by atomic mass is 9.61. The lowest BCUT2D eigenvalue weighted by molar-refractivity contribution is -0.113. The summed E-state index contributed by atoms with van der Waals surface area (Å²) >= 11 is 0. The fraction of sp³-hybridized carbons (Fsp3) is 0.591. The Morgan fingerprint density at radius 3 is 2.75 bits per heavy atom. The van der Waals surface area contributed by atoms with Gasteiger partial charge in [0.25, 0.3) is 0 Å². The van der Waals surface area contributed by atoms with Crippen LogP contribution < -0.4 is 0 Å². The third kappa shape index (κ3) is 2.97. The van der Waals surface area contributed by atoms with E-state index in [1.165, 1.54) is 16.7 Å². The van der Waals surface area contributed by atoms with Crippen LogP contribution in [0.25, 0.3) is 0 Å². The second-order valence-corrected chi connectivity index (χ2v) is 8.20. The molecule has 2 nitrogen and oxygen atoms in total. The quantitative estimate of drug-likeness (QED) is 0.569. The molecule has 2 heteroatoms. The summed E-state index contributed by atoms with van der Waals surface area (Å²) in [6.45, 7) is 10.3. The maximum Gasteiger partial charge on any atom is 0.184 e. The van der Waals surface area contributed by atoms with Gasteiger partial charge >= 0.3 is 0 Å². The van der Waals surface area contributed by atoms with Crippen molar-refractivity contribution in [3.05, 3.63) is 46.6 Å². The van der Waals surface area contributed by atoms with E-state index < -0.39 is 0 Å². The minimum absolute atomic E-state index is 0.194. The van der Waals surface area contributed by atoms with E-state index in [1.54, 1.807) is 0 Å². The molecule has 0 aromatic carbocycles. The molecule has 0 spiro atoms. The van der Waals surface area contributed by atoms with Crippen molar-refractivity contribution < 1.29 is 9.90 Å². The lowest BCUT2D eigenvalue weighted by Gasteiger charge is -2.45. The highest BCUT2D eigenvalue weighted by Crippen LogP contribution is 2.50. The van der Waals surface area contributed by atoms with E-state index in [0.717, 1.165) is 49.7 Å². The number of carbonyl (C=O) groups excluding carboxylic acids is 1. The molecule has 0 heterocycles. The van der Waals surface area contributed by atoms with Crippen LogP contribution in [0.15, 0.2) is 46.6 Å². The van der Waals surface area contributed by atoms with Crippen LogP contribution in [0.1, 0.15) is 65.7 Å². The Hall–Kier alpha value is -1.41. The fourth-order valence-corrected chi connectivity index (χ4v) is 4.75. The zero-order chi connectivity index (χ0) is 17.5. The van der Waals surface area contributed by atoms with Gasteiger partial charge < -0.3 is 5.11 Å².